The number of rotatable bonds is 10. The summed E-state index contributed by atoms with van der Waals surface area (Å²) in [5, 5.41) is 9.01. The first-order valence-electron chi connectivity index (χ1n) is 13.6. The van der Waals surface area contributed by atoms with Crippen molar-refractivity contribution in [2.24, 2.45) is 0 Å². The highest BCUT2D eigenvalue weighted by Gasteiger charge is 2.22. The van der Waals surface area contributed by atoms with Crippen LogP contribution in [0.25, 0.3) is 22.4 Å². The SMILES string of the molecule is COc1cc(-c2nccc(-c3cccc(Nc4cccc(C=O)c4F)c3Cl)c2Cl)ccc1COC(=O)NC[C@@H]1CCC(=O)N1. The molecule has 2 heterocycles. The summed E-state index contributed by atoms with van der Waals surface area (Å²) in [6.45, 7) is 0.244. The fourth-order valence-electron chi connectivity index (χ4n) is 4.81. The molecule has 3 aromatic carbocycles. The molecule has 1 atom stereocenters. The van der Waals surface area contributed by atoms with Crippen molar-refractivity contribution < 1.29 is 28.2 Å². The lowest BCUT2D eigenvalue weighted by atomic mass is 10.0. The average molecular weight is 637 g/mol. The van der Waals surface area contributed by atoms with Gasteiger partial charge in [0.15, 0.2) is 12.1 Å². The highest BCUT2D eigenvalue weighted by atomic mass is 35.5. The van der Waals surface area contributed by atoms with Crippen LogP contribution >= 0.6 is 23.2 Å². The molecule has 3 N–H and O–H groups in total. The molecule has 12 heteroatoms. The van der Waals surface area contributed by atoms with Gasteiger partial charge in [0.2, 0.25) is 5.91 Å². The number of nitrogens with zero attached hydrogens (tertiary/aromatic N) is 1. The van der Waals surface area contributed by atoms with Crippen molar-refractivity contribution in [3.8, 4) is 28.1 Å². The summed E-state index contributed by atoms with van der Waals surface area (Å²) in [6.07, 6.45) is 2.55. The number of methoxy groups -OCH3 is 1. The molecule has 0 bridgehead atoms. The van der Waals surface area contributed by atoms with E-state index in [-0.39, 0.29) is 36.4 Å². The number of aldehydes is 1. The van der Waals surface area contributed by atoms with Gasteiger partial charge in [0.05, 0.1) is 39.8 Å². The highest BCUT2D eigenvalue weighted by molar-refractivity contribution is 6.39. The molecule has 0 unspecified atom stereocenters. The molecule has 1 aliphatic heterocycles. The Labute approximate surface area is 262 Å². The quantitative estimate of drug-likeness (QED) is 0.161. The van der Waals surface area contributed by atoms with Gasteiger partial charge in [-0.2, -0.15) is 0 Å². The fraction of sp³-hybridized carbons (Fsp3) is 0.188. The van der Waals surface area contributed by atoms with Crippen molar-refractivity contribution in [2.75, 3.05) is 19.0 Å². The van der Waals surface area contributed by atoms with Gasteiger partial charge in [-0.05, 0) is 36.8 Å². The van der Waals surface area contributed by atoms with Gasteiger partial charge in [-0.15, -0.1) is 0 Å². The Morgan fingerprint density at radius 1 is 1.09 bits per heavy atom. The molecular formula is C32H27Cl2FN4O5. The van der Waals surface area contributed by atoms with E-state index >= 15 is 0 Å². The van der Waals surface area contributed by atoms with E-state index < -0.39 is 11.9 Å². The Morgan fingerprint density at radius 2 is 1.86 bits per heavy atom. The topological polar surface area (TPSA) is 119 Å². The summed E-state index contributed by atoms with van der Waals surface area (Å²) < 4.78 is 25.6. The van der Waals surface area contributed by atoms with Crippen LogP contribution in [-0.2, 0) is 16.1 Å². The molecule has 0 spiro atoms. The van der Waals surface area contributed by atoms with Crippen LogP contribution in [0.3, 0.4) is 0 Å². The summed E-state index contributed by atoms with van der Waals surface area (Å²) >= 11 is 13.6. The maximum atomic E-state index is 14.7. The summed E-state index contributed by atoms with van der Waals surface area (Å²) in [7, 11) is 1.50. The largest absolute Gasteiger partial charge is 0.496 e. The van der Waals surface area contributed by atoms with Crippen LogP contribution in [0.5, 0.6) is 5.75 Å². The van der Waals surface area contributed by atoms with E-state index in [0.717, 1.165) is 0 Å². The molecule has 5 rings (SSSR count). The van der Waals surface area contributed by atoms with Crippen molar-refractivity contribution in [3.05, 3.63) is 93.8 Å². The first-order chi connectivity index (χ1) is 21.3. The van der Waals surface area contributed by atoms with E-state index in [1.807, 2.05) is 0 Å². The predicted octanol–water partition coefficient (Wildman–Crippen LogP) is 6.93. The number of amides is 2. The van der Waals surface area contributed by atoms with Gasteiger partial charge in [-0.25, -0.2) is 9.18 Å². The Bertz CT molecular complexity index is 1740. The molecule has 1 aliphatic rings. The average Bonchev–Trinajstić information content (AvgIpc) is 3.46. The number of carbonyl (C=O) groups is 3. The zero-order chi connectivity index (χ0) is 31.2. The van der Waals surface area contributed by atoms with Crippen molar-refractivity contribution >= 4 is 52.9 Å². The Hall–Kier alpha value is -4.67. The molecule has 1 aromatic heterocycles. The molecule has 0 saturated carbocycles. The van der Waals surface area contributed by atoms with Crippen LogP contribution in [0.4, 0.5) is 20.6 Å². The van der Waals surface area contributed by atoms with Gasteiger partial charge < -0.3 is 25.4 Å². The minimum absolute atomic E-state index is 0.0291. The van der Waals surface area contributed by atoms with E-state index in [4.69, 9.17) is 32.7 Å². The van der Waals surface area contributed by atoms with E-state index in [9.17, 15) is 18.8 Å². The Balaban J connectivity index is 1.34. The minimum atomic E-state index is -0.685. The Kier molecular flexibility index (Phi) is 9.62. The summed E-state index contributed by atoms with van der Waals surface area (Å²) in [4.78, 5) is 39.2. The first-order valence-corrected chi connectivity index (χ1v) is 14.4. The number of anilines is 2. The van der Waals surface area contributed by atoms with Crippen LogP contribution in [0.1, 0.15) is 28.8 Å². The standard InChI is InChI=1S/C32H27Cl2FN4O5/c1-43-26-14-18(8-9-20(26)17-44-32(42)37-15-21-10-11-27(41)38-21)31-29(34)23(12-13-36-31)22-5-3-6-24(28(22)33)39-25-7-2-4-19(16-40)30(25)35/h2-9,12-14,16,21,39H,10-11,15,17H2,1H3,(H,37,42)(H,38,41)/t21-/m0/s1. The third kappa shape index (κ3) is 6.77. The number of carbonyl (C=O) groups excluding carboxylic acids is 3. The van der Waals surface area contributed by atoms with Crippen LogP contribution in [0.2, 0.25) is 10.0 Å². The number of benzene rings is 3. The highest BCUT2D eigenvalue weighted by Crippen LogP contribution is 2.42. The second-order valence-electron chi connectivity index (χ2n) is 9.93. The lowest BCUT2D eigenvalue weighted by Gasteiger charge is -2.16. The number of aromatic nitrogens is 1. The van der Waals surface area contributed by atoms with Crippen LogP contribution in [0.15, 0.2) is 66.9 Å². The normalized spacial score (nSPS) is 14.1. The molecule has 9 nitrogen and oxygen atoms in total. The van der Waals surface area contributed by atoms with Crippen molar-refractivity contribution in [2.45, 2.75) is 25.5 Å². The molecule has 4 aromatic rings. The zero-order valence-electron chi connectivity index (χ0n) is 23.5. The number of hydrogen-bond donors (Lipinski definition) is 3. The molecular weight excluding hydrogens is 610 g/mol. The van der Waals surface area contributed by atoms with Crippen molar-refractivity contribution in [3.63, 3.8) is 0 Å². The number of alkyl carbamates (subject to hydrolysis) is 1. The summed E-state index contributed by atoms with van der Waals surface area (Å²) in [5.41, 5.74) is 3.36. The number of ether oxygens (including phenoxy) is 2. The first kappa shape index (κ1) is 30.8. The molecule has 1 fully saturated rings. The fourth-order valence-corrected chi connectivity index (χ4v) is 5.41. The smallest absolute Gasteiger partial charge is 0.407 e. The maximum absolute atomic E-state index is 14.7. The van der Waals surface area contributed by atoms with Gasteiger partial charge in [0.25, 0.3) is 0 Å². The van der Waals surface area contributed by atoms with Crippen LogP contribution < -0.4 is 20.7 Å². The third-order valence-corrected chi connectivity index (χ3v) is 7.89. The Morgan fingerprint density at radius 3 is 2.61 bits per heavy atom. The zero-order valence-corrected chi connectivity index (χ0v) is 25.0. The van der Waals surface area contributed by atoms with Gasteiger partial charge in [0, 0.05) is 47.5 Å². The van der Waals surface area contributed by atoms with Crippen molar-refractivity contribution in [1.82, 2.24) is 15.6 Å². The number of nitrogens with one attached hydrogen (secondary N) is 3. The second-order valence-corrected chi connectivity index (χ2v) is 10.7. The van der Waals surface area contributed by atoms with Gasteiger partial charge in [0.1, 0.15) is 12.4 Å². The minimum Gasteiger partial charge on any atom is -0.496 e. The molecule has 1 saturated heterocycles. The second kappa shape index (κ2) is 13.7. The summed E-state index contributed by atoms with van der Waals surface area (Å²) in [6, 6.07) is 16.6. The van der Waals surface area contributed by atoms with E-state index in [0.29, 0.717) is 68.6 Å². The van der Waals surface area contributed by atoms with Crippen LogP contribution in [-0.4, -0.2) is 43.0 Å². The number of hydrogen-bond acceptors (Lipinski definition) is 7. The molecule has 0 radical (unpaired) electrons. The lowest BCUT2D eigenvalue weighted by molar-refractivity contribution is -0.119. The van der Waals surface area contributed by atoms with E-state index in [1.165, 1.54) is 19.2 Å². The molecule has 44 heavy (non-hydrogen) atoms. The molecule has 226 valence electrons. The van der Waals surface area contributed by atoms with Crippen LogP contribution in [0, 0.1) is 5.82 Å². The van der Waals surface area contributed by atoms with E-state index in [1.54, 1.807) is 54.7 Å². The predicted molar refractivity (Wildman–Crippen MR) is 166 cm³/mol. The van der Waals surface area contributed by atoms with Gasteiger partial charge >= 0.3 is 6.09 Å². The lowest BCUT2D eigenvalue weighted by Crippen LogP contribution is -2.38. The maximum Gasteiger partial charge on any atom is 0.407 e. The third-order valence-electron chi connectivity index (χ3n) is 7.10. The van der Waals surface area contributed by atoms with Gasteiger partial charge in [-0.3, -0.25) is 14.6 Å². The van der Waals surface area contributed by atoms with E-state index in [2.05, 4.69) is 20.9 Å². The van der Waals surface area contributed by atoms with Gasteiger partial charge in [-0.1, -0.05) is 53.5 Å². The molecule has 2 amide bonds. The monoisotopic (exact) mass is 636 g/mol. The molecule has 0 aliphatic carbocycles. The van der Waals surface area contributed by atoms with Crippen molar-refractivity contribution in [1.29, 1.82) is 0 Å². The number of pyridine rings is 1. The summed E-state index contributed by atoms with van der Waals surface area (Å²) in [5.74, 6) is -0.250. The number of halogens is 3.